The van der Waals surface area contributed by atoms with E-state index in [1.807, 2.05) is 6.92 Å². The van der Waals surface area contributed by atoms with Gasteiger partial charge in [0.1, 0.15) is 0 Å². The van der Waals surface area contributed by atoms with Crippen LogP contribution >= 0.6 is 0 Å². The molecule has 3 atom stereocenters. The highest BCUT2D eigenvalue weighted by molar-refractivity contribution is 5.69. The Hall–Kier alpha value is -0.740. The monoisotopic (exact) mass is 394 g/mol. The highest BCUT2D eigenvalue weighted by atomic mass is 19.4. The first-order valence-corrected chi connectivity index (χ1v) is 10.7. The number of ether oxygens (including phenoxy) is 1. The van der Waals surface area contributed by atoms with Crippen molar-refractivity contribution in [2.24, 2.45) is 23.7 Å². The van der Waals surface area contributed by atoms with Crippen molar-refractivity contribution >= 4 is 5.97 Å². The molecule has 162 valence electrons. The molecule has 0 aliphatic carbocycles. The van der Waals surface area contributed by atoms with Crippen LogP contribution in [0, 0.1) is 23.7 Å². The quantitative estimate of drug-likeness (QED) is 0.268. The van der Waals surface area contributed by atoms with Gasteiger partial charge in [-0.25, -0.2) is 0 Å². The van der Waals surface area contributed by atoms with Crippen molar-refractivity contribution in [3.8, 4) is 0 Å². The van der Waals surface area contributed by atoms with Crippen molar-refractivity contribution < 1.29 is 22.7 Å². The standard InChI is InChI=1S/C22H41F3O2/c1-17(2)9-6-10-18(3)11-7-12-19(4)13-8-14-20(5)15-21(26)27-16-22(23,24)25/h17-20H,6-16H2,1-5H3. The Morgan fingerprint density at radius 3 is 1.56 bits per heavy atom. The maximum Gasteiger partial charge on any atom is 0.422 e. The lowest BCUT2D eigenvalue weighted by Gasteiger charge is -2.16. The van der Waals surface area contributed by atoms with Gasteiger partial charge in [-0.1, -0.05) is 92.4 Å². The highest BCUT2D eigenvalue weighted by Crippen LogP contribution is 2.23. The molecule has 0 radical (unpaired) electrons. The fourth-order valence-corrected chi connectivity index (χ4v) is 3.40. The SMILES string of the molecule is CC(C)CCCC(C)CCCC(C)CCCC(C)CC(=O)OCC(F)(F)F. The van der Waals surface area contributed by atoms with Crippen LogP contribution in [-0.4, -0.2) is 18.8 Å². The van der Waals surface area contributed by atoms with Gasteiger partial charge < -0.3 is 4.74 Å². The van der Waals surface area contributed by atoms with Crippen molar-refractivity contribution in [3.63, 3.8) is 0 Å². The van der Waals surface area contributed by atoms with Crippen LogP contribution in [0.15, 0.2) is 0 Å². The summed E-state index contributed by atoms with van der Waals surface area (Å²) >= 11 is 0. The molecule has 0 fully saturated rings. The Kier molecular flexibility index (Phi) is 13.9. The van der Waals surface area contributed by atoms with Crippen LogP contribution in [0.3, 0.4) is 0 Å². The van der Waals surface area contributed by atoms with Crippen molar-refractivity contribution in [3.05, 3.63) is 0 Å². The molecule has 0 bridgehead atoms. The zero-order valence-electron chi connectivity index (χ0n) is 18.0. The van der Waals surface area contributed by atoms with Gasteiger partial charge in [-0.3, -0.25) is 4.79 Å². The van der Waals surface area contributed by atoms with Gasteiger partial charge >= 0.3 is 12.1 Å². The number of carbonyl (C=O) groups excluding carboxylic acids is 1. The van der Waals surface area contributed by atoms with E-state index in [0.29, 0.717) is 5.92 Å². The number of hydrogen-bond donors (Lipinski definition) is 0. The van der Waals surface area contributed by atoms with E-state index in [0.717, 1.165) is 31.1 Å². The summed E-state index contributed by atoms with van der Waals surface area (Å²) in [4.78, 5) is 11.4. The smallest absolute Gasteiger partial charge is 0.422 e. The molecule has 0 N–H and O–H groups in total. The van der Waals surface area contributed by atoms with Gasteiger partial charge in [-0.05, 0) is 23.7 Å². The molecule has 0 aliphatic rings. The number of carbonyl (C=O) groups is 1. The van der Waals surface area contributed by atoms with Crippen LogP contribution in [-0.2, 0) is 9.53 Å². The zero-order valence-corrected chi connectivity index (χ0v) is 18.0. The summed E-state index contributed by atoms with van der Waals surface area (Å²) in [5.41, 5.74) is 0. The molecular weight excluding hydrogens is 353 g/mol. The van der Waals surface area contributed by atoms with Crippen molar-refractivity contribution in [1.29, 1.82) is 0 Å². The molecule has 0 heterocycles. The topological polar surface area (TPSA) is 26.3 Å². The molecule has 27 heavy (non-hydrogen) atoms. The lowest BCUT2D eigenvalue weighted by molar-refractivity contribution is -0.186. The third kappa shape index (κ3) is 18.4. The van der Waals surface area contributed by atoms with Gasteiger partial charge in [0.05, 0.1) is 0 Å². The highest BCUT2D eigenvalue weighted by Gasteiger charge is 2.29. The molecule has 0 aromatic carbocycles. The van der Waals surface area contributed by atoms with Crippen LogP contribution in [0.2, 0.25) is 0 Å². The number of esters is 1. The molecular formula is C22H41F3O2. The largest absolute Gasteiger partial charge is 0.456 e. The predicted octanol–water partition coefficient (Wildman–Crippen LogP) is 7.56. The average Bonchev–Trinajstić information content (AvgIpc) is 2.52. The van der Waals surface area contributed by atoms with Crippen molar-refractivity contribution in [2.45, 2.75) is 105 Å². The van der Waals surface area contributed by atoms with Crippen LogP contribution in [0.25, 0.3) is 0 Å². The summed E-state index contributed by atoms with van der Waals surface area (Å²) in [6, 6.07) is 0. The maximum absolute atomic E-state index is 12.0. The van der Waals surface area contributed by atoms with Gasteiger partial charge in [-0.2, -0.15) is 13.2 Å². The summed E-state index contributed by atoms with van der Waals surface area (Å²) in [5, 5.41) is 0. The van der Waals surface area contributed by atoms with Gasteiger partial charge in [0.2, 0.25) is 0 Å². The van der Waals surface area contributed by atoms with Crippen molar-refractivity contribution in [2.75, 3.05) is 6.61 Å². The van der Waals surface area contributed by atoms with Gasteiger partial charge in [0.25, 0.3) is 0 Å². The van der Waals surface area contributed by atoms with Crippen LogP contribution in [0.5, 0.6) is 0 Å². The average molecular weight is 395 g/mol. The molecule has 5 heteroatoms. The number of alkyl halides is 3. The van der Waals surface area contributed by atoms with E-state index in [1.54, 1.807) is 0 Å². The normalized spacial score (nSPS) is 15.6. The first-order chi connectivity index (χ1) is 12.5. The molecule has 0 amide bonds. The van der Waals surface area contributed by atoms with E-state index in [9.17, 15) is 18.0 Å². The Bertz CT molecular complexity index is 380. The van der Waals surface area contributed by atoms with E-state index < -0.39 is 18.8 Å². The first-order valence-electron chi connectivity index (χ1n) is 10.7. The fourth-order valence-electron chi connectivity index (χ4n) is 3.40. The summed E-state index contributed by atoms with van der Waals surface area (Å²) in [6.45, 7) is 9.59. The second-order valence-electron chi connectivity index (χ2n) is 8.98. The molecule has 0 aromatic heterocycles. The third-order valence-corrected chi connectivity index (χ3v) is 5.18. The van der Waals surface area contributed by atoms with Gasteiger partial charge in [0, 0.05) is 6.42 Å². The maximum atomic E-state index is 12.0. The number of halogens is 3. The Morgan fingerprint density at radius 2 is 1.15 bits per heavy atom. The van der Waals surface area contributed by atoms with Crippen LogP contribution < -0.4 is 0 Å². The summed E-state index contributed by atoms with van der Waals surface area (Å²) in [7, 11) is 0. The first kappa shape index (κ1) is 26.3. The number of hydrogen-bond acceptors (Lipinski definition) is 2. The molecule has 0 saturated carbocycles. The van der Waals surface area contributed by atoms with E-state index >= 15 is 0 Å². The van der Waals surface area contributed by atoms with E-state index in [-0.39, 0.29) is 12.3 Å². The molecule has 0 aliphatic heterocycles. The lowest BCUT2D eigenvalue weighted by atomic mass is 9.91. The number of rotatable bonds is 15. The van der Waals surface area contributed by atoms with E-state index in [1.165, 1.54) is 38.5 Å². The summed E-state index contributed by atoms with van der Waals surface area (Å²) in [5.74, 6) is 1.58. The minimum atomic E-state index is -4.44. The van der Waals surface area contributed by atoms with Gasteiger partial charge in [0.15, 0.2) is 6.61 Å². The molecule has 0 saturated heterocycles. The summed E-state index contributed by atoms with van der Waals surface area (Å²) < 4.78 is 40.3. The molecule has 0 rings (SSSR count). The Morgan fingerprint density at radius 1 is 0.741 bits per heavy atom. The van der Waals surface area contributed by atoms with Crippen LogP contribution in [0.1, 0.15) is 98.8 Å². The minimum absolute atomic E-state index is 0.0678. The second kappa shape index (κ2) is 14.3. The van der Waals surface area contributed by atoms with Crippen molar-refractivity contribution in [1.82, 2.24) is 0 Å². The Labute approximate surface area is 164 Å². The summed E-state index contributed by atoms with van der Waals surface area (Å²) in [6.07, 6.45) is 6.39. The minimum Gasteiger partial charge on any atom is -0.456 e. The molecule has 0 aromatic rings. The van der Waals surface area contributed by atoms with E-state index in [4.69, 9.17) is 0 Å². The van der Waals surface area contributed by atoms with Crippen LogP contribution in [0.4, 0.5) is 13.2 Å². The fraction of sp³-hybridized carbons (Fsp3) is 0.955. The van der Waals surface area contributed by atoms with E-state index in [2.05, 4.69) is 32.4 Å². The lowest BCUT2D eigenvalue weighted by Crippen LogP contribution is -2.21. The zero-order chi connectivity index (χ0) is 20.9. The molecule has 0 spiro atoms. The predicted molar refractivity (Wildman–Crippen MR) is 106 cm³/mol. The Balaban J connectivity index is 3.69. The molecule has 3 unspecified atom stereocenters. The van der Waals surface area contributed by atoms with Gasteiger partial charge in [-0.15, -0.1) is 0 Å². The third-order valence-electron chi connectivity index (χ3n) is 5.18. The molecule has 2 nitrogen and oxygen atoms in total. The second-order valence-corrected chi connectivity index (χ2v) is 8.98.